The van der Waals surface area contributed by atoms with E-state index in [-0.39, 0.29) is 30.1 Å². The Balaban J connectivity index is 1.60. The largest absolute Gasteiger partial charge is 0.494 e. The van der Waals surface area contributed by atoms with Crippen molar-refractivity contribution in [3.05, 3.63) is 24.3 Å². The topological polar surface area (TPSA) is 70.2 Å². The first-order chi connectivity index (χ1) is 12.5. The molecule has 2 heterocycles. The van der Waals surface area contributed by atoms with Crippen molar-refractivity contribution >= 4 is 23.4 Å². The van der Waals surface area contributed by atoms with Crippen LogP contribution >= 0.6 is 0 Å². The first-order valence-corrected chi connectivity index (χ1v) is 9.07. The number of carbonyl (C=O) groups excluding carboxylic acids is 3. The molecule has 2 aliphatic rings. The maximum absolute atomic E-state index is 12.8. The van der Waals surface area contributed by atoms with E-state index in [4.69, 9.17) is 4.74 Å². The lowest BCUT2D eigenvalue weighted by molar-refractivity contribution is -0.141. The summed E-state index contributed by atoms with van der Waals surface area (Å²) in [6.07, 6.45) is 0.235. The van der Waals surface area contributed by atoms with Crippen LogP contribution in [0.3, 0.4) is 0 Å². The van der Waals surface area contributed by atoms with Crippen molar-refractivity contribution in [1.29, 1.82) is 0 Å². The Morgan fingerprint density at radius 1 is 1.08 bits per heavy atom. The maximum atomic E-state index is 12.8. The van der Waals surface area contributed by atoms with Crippen molar-refractivity contribution in [2.45, 2.75) is 20.3 Å². The van der Waals surface area contributed by atoms with Crippen molar-refractivity contribution in [2.24, 2.45) is 5.92 Å². The second kappa shape index (κ2) is 7.76. The zero-order valence-electron chi connectivity index (χ0n) is 15.3. The lowest BCUT2D eigenvalue weighted by Gasteiger charge is -2.35. The zero-order valence-corrected chi connectivity index (χ0v) is 15.3. The lowest BCUT2D eigenvalue weighted by Crippen LogP contribution is -2.51. The summed E-state index contributed by atoms with van der Waals surface area (Å²) in [6.45, 7) is 6.65. The average Bonchev–Trinajstić information content (AvgIpc) is 3.04. The van der Waals surface area contributed by atoms with Gasteiger partial charge in [0.15, 0.2) is 0 Å². The van der Waals surface area contributed by atoms with Gasteiger partial charge in [-0.3, -0.25) is 14.4 Å². The highest BCUT2D eigenvalue weighted by atomic mass is 16.5. The molecule has 0 radical (unpaired) electrons. The summed E-state index contributed by atoms with van der Waals surface area (Å²) in [5, 5.41) is 0. The van der Waals surface area contributed by atoms with Crippen LogP contribution in [0.2, 0.25) is 0 Å². The third-order valence-electron chi connectivity index (χ3n) is 4.97. The van der Waals surface area contributed by atoms with Gasteiger partial charge in [0.1, 0.15) is 5.75 Å². The maximum Gasteiger partial charge on any atom is 0.228 e. The fourth-order valence-corrected chi connectivity index (χ4v) is 3.51. The van der Waals surface area contributed by atoms with E-state index in [0.29, 0.717) is 39.3 Å². The third-order valence-corrected chi connectivity index (χ3v) is 4.97. The van der Waals surface area contributed by atoms with Crippen molar-refractivity contribution in [2.75, 3.05) is 44.2 Å². The van der Waals surface area contributed by atoms with Gasteiger partial charge in [0.05, 0.1) is 12.5 Å². The molecule has 3 rings (SSSR count). The van der Waals surface area contributed by atoms with Crippen molar-refractivity contribution in [1.82, 2.24) is 9.80 Å². The molecular formula is C19H25N3O4. The first-order valence-electron chi connectivity index (χ1n) is 9.07. The number of hydrogen-bond donors (Lipinski definition) is 0. The molecule has 0 saturated carbocycles. The van der Waals surface area contributed by atoms with E-state index in [1.807, 2.05) is 31.2 Å². The van der Waals surface area contributed by atoms with Gasteiger partial charge in [0.2, 0.25) is 17.7 Å². The summed E-state index contributed by atoms with van der Waals surface area (Å²) in [4.78, 5) is 41.8. The van der Waals surface area contributed by atoms with Gasteiger partial charge in [-0.15, -0.1) is 0 Å². The minimum atomic E-state index is -0.321. The number of nitrogens with zero attached hydrogens (tertiary/aromatic N) is 3. The molecule has 3 amide bonds. The van der Waals surface area contributed by atoms with Gasteiger partial charge in [-0.1, -0.05) is 0 Å². The highest BCUT2D eigenvalue weighted by Gasteiger charge is 2.38. The first kappa shape index (κ1) is 18.2. The molecule has 0 aromatic heterocycles. The summed E-state index contributed by atoms with van der Waals surface area (Å²) < 4.78 is 5.42. The smallest absolute Gasteiger partial charge is 0.228 e. The highest BCUT2D eigenvalue weighted by molar-refractivity contribution is 6.00. The van der Waals surface area contributed by atoms with Crippen molar-refractivity contribution < 1.29 is 19.1 Å². The lowest BCUT2D eigenvalue weighted by atomic mass is 10.1. The third kappa shape index (κ3) is 3.81. The molecule has 0 bridgehead atoms. The van der Waals surface area contributed by atoms with Crippen LogP contribution < -0.4 is 9.64 Å². The van der Waals surface area contributed by atoms with Gasteiger partial charge in [-0.2, -0.15) is 0 Å². The molecule has 2 fully saturated rings. The Hall–Kier alpha value is -2.57. The van der Waals surface area contributed by atoms with Crippen LogP contribution in [0.25, 0.3) is 0 Å². The van der Waals surface area contributed by atoms with Crippen LogP contribution in [0.4, 0.5) is 5.69 Å². The molecule has 7 heteroatoms. The number of anilines is 1. The van der Waals surface area contributed by atoms with Crippen molar-refractivity contribution in [3.63, 3.8) is 0 Å². The van der Waals surface area contributed by atoms with Gasteiger partial charge in [-0.25, -0.2) is 0 Å². The molecule has 7 nitrogen and oxygen atoms in total. The molecule has 0 unspecified atom stereocenters. The van der Waals surface area contributed by atoms with Gasteiger partial charge in [-0.05, 0) is 31.2 Å². The molecule has 0 N–H and O–H groups in total. The summed E-state index contributed by atoms with van der Waals surface area (Å²) in [5.74, 6) is 0.455. The summed E-state index contributed by atoms with van der Waals surface area (Å²) in [6, 6.07) is 7.37. The number of ether oxygens (including phenoxy) is 1. The Kier molecular flexibility index (Phi) is 5.44. The molecular weight excluding hydrogens is 334 g/mol. The number of carbonyl (C=O) groups is 3. The van der Waals surface area contributed by atoms with Crippen LogP contribution in [-0.2, 0) is 14.4 Å². The predicted molar refractivity (Wildman–Crippen MR) is 96.9 cm³/mol. The Morgan fingerprint density at radius 3 is 2.27 bits per heavy atom. The number of rotatable bonds is 4. The monoisotopic (exact) mass is 359 g/mol. The Morgan fingerprint density at radius 2 is 1.69 bits per heavy atom. The van der Waals surface area contributed by atoms with E-state index < -0.39 is 0 Å². The Bertz CT molecular complexity index is 681. The fourth-order valence-electron chi connectivity index (χ4n) is 3.51. The van der Waals surface area contributed by atoms with Crippen molar-refractivity contribution in [3.8, 4) is 5.75 Å². The van der Waals surface area contributed by atoms with Crippen LogP contribution in [0.5, 0.6) is 5.75 Å². The van der Waals surface area contributed by atoms with Gasteiger partial charge in [0, 0.05) is 51.8 Å². The zero-order chi connectivity index (χ0) is 18.7. The molecule has 26 heavy (non-hydrogen) atoms. The van der Waals surface area contributed by atoms with Gasteiger partial charge in [0.25, 0.3) is 0 Å². The number of amides is 3. The van der Waals surface area contributed by atoms with Crippen LogP contribution in [0, 0.1) is 5.92 Å². The van der Waals surface area contributed by atoms with E-state index in [9.17, 15) is 14.4 Å². The standard InChI is InChI=1S/C19H25N3O4/c1-3-26-17-6-4-16(5-7-17)22-13-15(12-18(22)24)19(25)21-10-8-20(9-11-21)14(2)23/h4-7,15H,3,8-13H2,1-2H3/t15-/m0/s1. The van der Waals surface area contributed by atoms with E-state index in [0.717, 1.165) is 11.4 Å². The Labute approximate surface area is 153 Å². The molecule has 0 spiro atoms. The van der Waals surface area contributed by atoms with E-state index in [1.54, 1.807) is 21.6 Å². The molecule has 0 aliphatic carbocycles. The van der Waals surface area contributed by atoms with E-state index >= 15 is 0 Å². The molecule has 1 aromatic carbocycles. The second-order valence-electron chi connectivity index (χ2n) is 6.66. The molecule has 140 valence electrons. The fraction of sp³-hybridized carbons (Fsp3) is 0.526. The summed E-state index contributed by atoms with van der Waals surface area (Å²) in [7, 11) is 0. The molecule has 2 aliphatic heterocycles. The van der Waals surface area contributed by atoms with Gasteiger partial charge < -0.3 is 19.4 Å². The number of hydrogen-bond acceptors (Lipinski definition) is 4. The minimum absolute atomic E-state index is 0.00925. The van der Waals surface area contributed by atoms with Crippen LogP contribution in [0.1, 0.15) is 20.3 Å². The number of benzene rings is 1. The number of piperazine rings is 1. The van der Waals surface area contributed by atoms with Crippen LogP contribution in [-0.4, -0.2) is 66.9 Å². The second-order valence-corrected chi connectivity index (χ2v) is 6.66. The average molecular weight is 359 g/mol. The normalized spacial score (nSPS) is 20.5. The quantitative estimate of drug-likeness (QED) is 0.808. The van der Waals surface area contributed by atoms with E-state index in [1.165, 1.54) is 0 Å². The SMILES string of the molecule is CCOc1ccc(N2C[C@@H](C(=O)N3CCN(C(C)=O)CC3)CC2=O)cc1. The van der Waals surface area contributed by atoms with E-state index in [2.05, 4.69) is 0 Å². The summed E-state index contributed by atoms with van der Waals surface area (Å²) >= 11 is 0. The molecule has 1 aromatic rings. The molecule has 1 atom stereocenters. The van der Waals surface area contributed by atoms with Crippen LogP contribution in [0.15, 0.2) is 24.3 Å². The summed E-state index contributed by atoms with van der Waals surface area (Å²) in [5.41, 5.74) is 0.787. The highest BCUT2D eigenvalue weighted by Crippen LogP contribution is 2.28. The molecule has 2 saturated heterocycles. The predicted octanol–water partition coefficient (Wildman–Crippen LogP) is 1.13. The minimum Gasteiger partial charge on any atom is -0.494 e. The van der Waals surface area contributed by atoms with Gasteiger partial charge >= 0.3 is 0 Å².